The second kappa shape index (κ2) is 8.04. The van der Waals surface area contributed by atoms with Crippen LogP contribution in [0.4, 0.5) is 10.8 Å². The Morgan fingerprint density at radius 2 is 1.96 bits per heavy atom. The maximum absolute atomic E-state index is 5.51. The minimum absolute atomic E-state index is 0.856. The number of hydrogen-bond donors (Lipinski definition) is 2. The van der Waals surface area contributed by atoms with Gasteiger partial charge < -0.3 is 10.2 Å². The molecule has 3 rings (SSSR count). The van der Waals surface area contributed by atoms with Gasteiger partial charge in [0.05, 0.1) is 13.1 Å². The van der Waals surface area contributed by atoms with Gasteiger partial charge in [0.2, 0.25) is 5.13 Å². The highest BCUT2D eigenvalue weighted by atomic mass is 32.1. The molecule has 0 aliphatic carbocycles. The second-order valence-corrected chi connectivity index (χ2v) is 7.97. The van der Waals surface area contributed by atoms with E-state index < -0.39 is 0 Å². The SMILES string of the molecule is Cc1cccc(Nc2nn(C[NH+]3CCCCCCC3)c(=S)s2)c1. The zero-order valence-electron chi connectivity index (χ0n) is 13.7. The minimum Gasteiger partial charge on any atom is -0.330 e. The first kappa shape index (κ1) is 16.6. The van der Waals surface area contributed by atoms with Crippen LogP contribution in [0, 0.1) is 10.9 Å². The van der Waals surface area contributed by atoms with Gasteiger partial charge in [0.25, 0.3) is 0 Å². The number of likely N-dealkylation sites (tertiary alicyclic amines) is 1. The lowest BCUT2D eigenvalue weighted by Gasteiger charge is -2.21. The number of rotatable bonds is 4. The summed E-state index contributed by atoms with van der Waals surface area (Å²) >= 11 is 7.06. The molecule has 0 unspecified atom stereocenters. The molecule has 124 valence electrons. The van der Waals surface area contributed by atoms with E-state index in [0.717, 1.165) is 21.4 Å². The van der Waals surface area contributed by atoms with Gasteiger partial charge in [-0.2, -0.15) is 4.68 Å². The average molecular weight is 350 g/mol. The van der Waals surface area contributed by atoms with Crippen LogP contribution in [0.2, 0.25) is 0 Å². The summed E-state index contributed by atoms with van der Waals surface area (Å²) in [5, 5.41) is 8.94. The largest absolute Gasteiger partial charge is 0.330 e. The molecule has 1 aromatic heterocycles. The predicted octanol–water partition coefficient (Wildman–Crippen LogP) is 3.53. The fourth-order valence-corrected chi connectivity index (χ4v) is 4.10. The topological polar surface area (TPSA) is 34.3 Å². The first-order valence-corrected chi connectivity index (χ1v) is 9.68. The first-order chi connectivity index (χ1) is 11.2. The van der Waals surface area contributed by atoms with Crippen LogP contribution in [-0.2, 0) is 6.67 Å². The van der Waals surface area contributed by atoms with Crippen LogP contribution in [0.5, 0.6) is 0 Å². The van der Waals surface area contributed by atoms with Crippen LogP contribution in [0.25, 0.3) is 0 Å². The first-order valence-electron chi connectivity index (χ1n) is 8.46. The fourth-order valence-electron chi connectivity index (χ4n) is 3.08. The number of benzene rings is 1. The van der Waals surface area contributed by atoms with Crippen molar-refractivity contribution in [2.45, 2.75) is 45.7 Å². The average Bonchev–Trinajstić information content (AvgIpc) is 2.81. The van der Waals surface area contributed by atoms with Crippen molar-refractivity contribution >= 4 is 34.4 Å². The molecule has 0 amide bonds. The van der Waals surface area contributed by atoms with Crippen molar-refractivity contribution < 1.29 is 4.90 Å². The standard InChI is InChI=1S/C17H24N4S2/c1-14-8-7-9-15(12-14)18-16-19-21(17(22)23-16)13-20-10-5-3-2-4-6-11-20/h7-9,12H,2-6,10-11,13H2,1H3,(H,18,19)/p+1. The van der Waals surface area contributed by atoms with Crippen molar-refractivity contribution in [3.05, 3.63) is 33.8 Å². The zero-order valence-corrected chi connectivity index (χ0v) is 15.3. The Bertz CT molecular complexity index is 684. The van der Waals surface area contributed by atoms with Gasteiger partial charge in [-0.05, 0) is 62.5 Å². The third-order valence-electron chi connectivity index (χ3n) is 4.31. The molecule has 2 N–H and O–H groups in total. The second-order valence-electron chi connectivity index (χ2n) is 6.34. The van der Waals surface area contributed by atoms with Crippen molar-refractivity contribution in [2.24, 2.45) is 0 Å². The summed E-state index contributed by atoms with van der Waals surface area (Å²) in [6.45, 7) is 5.46. The maximum atomic E-state index is 5.51. The Morgan fingerprint density at radius 1 is 1.22 bits per heavy atom. The number of hydrogen-bond acceptors (Lipinski definition) is 4. The molecule has 1 aliphatic heterocycles. The Balaban J connectivity index is 1.66. The van der Waals surface area contributed by atoms with E-state index in [4.69, 9.17) is 12.2 Å². The highest BCUT2D eigenvalue weighted by molar-refractivity contribution is 7.73. The molecule has 23 heavy (non-hydrogen) atoms. The van der Waals surface area contributed by atoms with Gasteiger partial charge in [0, 0.05) is 5.69 Å². The smallest absolute Gasteiger partial charge is 0.209 e. The molecule has 0 atom stereocenters. The summed E-state index contributed by atoms with van der Waals surface area (Å²) in [7, 11) is 0. The van der Waals surface area contributed by atoms with Crippen LogP contribution >= 0.6 is 23.6 Å². The van der Waals surface area contributed by atoms with E-state index in [9.17, 15) is 0 Å². The van der Waals surface area contributed by atoms with Gasteiger partial charge in [-0.3, -0.25) is 0 Å². The molecule has 0 saturated carbocycles. The molecule has 0 radical (unpaired) electrons. The van der Waals surface area contributed by atoms with Crippen LogP contribution in [0.15, 0.2) is 24.3 Å². The van der Waals surface area contributed by atoms with Crippen LogP contribution < -0.4 is 10.2 Å². The Hall–Kier alpha value is -1.24. The molecule has 1 fully saturated rings. The molecule has 1 aromatic carbocycles. The summed E-state index contributed by atoms with van der Waals surface area (Å²) in [5.74, 6) is 0. The van der Waals surface area contributed by atoms with Gasteiger partial charge >= 0.3 is 0 Å². The zero-order chi connectivity index (χ0) is 16.1. The van der Waals surface area contributed by atoms with Gasteiger partial charge in [-0.15, -0.1) is 5.10 Å². The van der Waals surface area contributed by atoms with Gasteiger partial charge in [-0.25, -0.2) is 0 Å². The number of quaternary nitrogens is 1. The highest BCUT2D eigenvalue weighted by Crippen LogP contribution is 2.20. The summed E-state index contributed by atoms with van der Waals surface area (Å²) in [6, 6.07) is 8.33. The van der Waals surface area contributed by atoms with E-state index in [0.29, 0.717) is 0 Å². The van der Waals surface area contributed by atoms with Crippen molar-refractivity contribution in [3.63, 3.8) is 0 Å². The molecule has 6 heteroatoms. The summed E-state index contributed by atoms with van der Waals surface area (Å²) < 4.78 is 2.85. The molecule has 4 nitrogen and oxygen atoms in total. The predicted molar refractivity (Wildman–Crippen MR) is 99.2 cm³/mol. The van der Waals surface area contributed by atoms with Crippen LogP contribution in [-0.4, -0.2) is 22.9 Å². The van der Waals surface area contributed by atoms with Crippen molar-refractivity contribution in [1.29, 1.82) is 0 Å². The maximum Gasteiger partial charge on any atom is 0.209 e. The Labute approximate surface area is 147 Å². The van der Waals surface area contributed by atoms with Crippen LogP contribution in [0.1, 0.15) is 37.7 Å². The van der Waals surface area contributed by atoms with Crippen molar-refractivity contribution in [1.82, 2.24) is 9.78 Å². The van der Waals surface area contributed by atoms with Crippen molar-refractivity contribution in [2.75, 3.05) is 18.4 Å². The summed E-state index contributed by atoms with van der Waals surface area (Å²) in [5.41, 5.74) is 2.31. The van der Waals surface area contributed by atoms with E-state index in [-0.39, 0.29) is 0 Å². The van der Waals surface area contributed by atoms with Crippen molar-refractivity contribution in [3.8, 4) is 0 Å². The molecular weight excluding hydrogens is 324 g/mol. The van der Waals surface area contributed by atoms with E-state index in [1.807, 2.05) is 4.68 Å². The minimum atomic E-state index is 0.856. The number of anilines is 2. The fraction of sp³-hybridized carbons (Fsp3) is 0.529. The Morgan fingerprint density at radius 3 is 2.70 bits per heavy atom. The Kier molecular flexibility index (Phi) is 5.80. The quantitative estimate of drug-likeness (QED) is 0.829. The van der Waals surface area contributed by atoms with E-state index in [2.05, 4.69) is 41.6 Å². The molecule has 0 spiro atoms. The number of aryl methyl sites for hydroxylation is 1. The van der Waals surface area contributed by atoms with Gasteiger partial charge in [0.15, 0.2) is 10.6 Å². The number of nitrogens with one attached hydrogen (secondary N) is 2. The molecular formula is C17H25N4S2+. The summed E-state index contributed by atoms with van der Waals surface area (Å²) in [6.07, 6.45) is 6.77. The van der Waals surface area contributed by atoms with E-state index in [1.54, 1.807) is 16.2 Å². The number of nitrogens with zero attached hydrogens (tertiary/aromatic N) is 2. The normalized spacial score (nSPS) is 16.7. The summed E-state index contributed by atoms with van der Waals surface area (Å²) in [4.78, 5) is 1.60. The van der Waals surface area contributed by atoms with Gasteiger partial charge in [-0.1, -0.05) is 29.9 Å². The van der Waals surface area contributed by atoms with Gasteiger partial charge in [0.1, 0.15) is 0 Å². The molecule has 0 bridgehead atoms. The lowest BCUT2D eigenvalue weighted by molar-refractivity contribution is -0.924. The third-order valence-corrected chi connectivity index (χ3v) is 5.53. The number of aromatic nitrogens is 2. The molecule has 2 heterocycles. The third kappa shape index (κ3) is 4.86. The highest BCUT2D eigenvalue weighted by Gasteiger charge is 2.14. The van der Waals surface area contributed by atoms with Crippen LogP contribution in [0.3, 0.4) is 0 Å². The van der Waals surface area contributed by atoms with E-state index in [1.165, 1.54) is 50.8 Å². The molecule has 1 saturated heterocycles. The molecule has 2 aromatic rings. The molecule has 1 aliphatic rings. The lowest BCUT2D eigenvalue weighted by Crippen LogP contribution is -3.11. The van der Waals surface area contributed by atoms with E-state index >= 15 is 0 Å². The monoisotopic (exact) mass is 349 g/mol. The lowest BCUT2D eigenvalue weighted by atomic mass is 10.1.